The first kappa shape index (κ1) is 15.6. The van der Waals surface area contributed by atoms with Gasteiger partial charge in [-0.1, -0.05) is 0 Å². The molecule has 0 radical (unpaired) electrons. The van der Waals surface area contributed by atoms with E-state index in [1.807, 2.05) is 31.3 Å². The Morgan fingerprint density at radius 1 is 1.12 bits per heavy atom. The molecule has 0 aliphatic carbocycles. The molecule has 0 saturated carbocycles. The van der Waals surface area contributed by atoms with E-state index >= 15 is 0 Å². The van der Waals surface area contributed by atoms with Crippen LogP contribution in [0.25, 0.3) is 5.65 Å². The molecule has 1 N–H and O–H groups in total. The summed E-state index contributed by atoms with van der Waals surface area (Å²) in [5.74, 6) is 0.268. The molecule has 3 aromatic rings. The van der Waals surface area contributed by atoms with E-state index in [0.29, 0.717) is 17.0 Å². The standard InChI is InChI=1S/C18H20N6O/c1-13-7-10-24-17(21-13)15(12-20-24)18(25)22-16-6-5-14(11-19-16)23-8-3-2-4-9-23/h5-7,10-12H,2-4,8-9H2,1H3,(H,19,22,25). The molecule has 4 rings (SSSR count). The smallest absolute Gasteiger partial charge is 0.262 e. The van der Waals surface area contributed by atoms with Gasteiger partial charge in [0.15, 0.2) is 5.65 Å². The molecule has 0 atom stereocenters. The molecule has 1 amide bonds. The summed E-state index contributed by atoms with van der Waals surface area (Å²) in [6.45, 7) is 4.02. The summed E-state index contributed by atoms with van der Waals surface area (Å²) < 4.78 is 1.59. The highest BCUT2D eigenvalue weighted by atomic mass is 16.1. The molecule has 128 valence electrons. The second kappa shape index (κ2) is 6.51. The minimum atomic E-state index is -0.258. The largest absolute Gasteiger partial charge is 0.370 e. The molecule has 1 fully saturated rings. The van der Waals surface area contributed by atoms with Crippen molar-refractivity contribution in [3.63, 3.8) is 0 Å². The number of carbonyl (C=O) groups is 1. The monoisotopic (exact) mass is 336 g/mol. The molecule has 4 heterocycles. The first-order valence-electron chi connectivity index (χ1n) is 8.54. The highest BCUT2D eigenvalue weighted by Crippen LogP contribution is 2.20. The van der Waals surface area contributed by atoms with Crippen LogP contribution in [0.15, 0.2) is 36.8 Å². The highest BCUT2D eigenvalue weighted by Gasteiger charge is 2.15. The van der Waals surface area contributed by atoms with Crippen molar-refractivity contribution in [2.24, 2.45) is 0 Å². The van der Waals surface area contributed by atoms with Crippen molar-refractivity contribution in [3.8, 4) is 0 Å². The van der Waals surface area contributed by atoms with Gasteiger partial charge in [-0.15, -0.1) is 0 Å². The molecule has 0 spiro atoms. The predicted molar refractivity (Wildman–Crippen MR) is 96.0 cm³/mol. The molecule has 7 heteroatoms. The van der Waals surface area contributed by atoms with Gasteiger partial charge in [-0.3, -0.25) is 4.79 Å². The second-order valence-corrected chi connectivity index (χ2v) is 6.30. The first-order valence-corrected chi connectivity index (χ1v) is 8.54. The summed E-state index contributed by atoms with van der Waals surface area (Å²) in [7, 11) is 0. The van der Waals surface area contributed by atoms with Crippen LogP contribution in [-0.4, -0.2) is 38.6 Å². The van der Waals surface area contributed by atoms with Crippen LogP contribution in [0, 0.1) is 6.92 Å². The van der Waals surface area contributed by atoms with Gasteiger partial charge in [0.25, 0.3) is 5.91 Å². The van der Waals surface area contributed by atoms with Gasteiger partial charge >= 0.3 is 0 Å². The van der Waals surface area contributed by atoms with Crippen molar-refractivity contribution in [1.82, 2.24) is 19.6 Å². The van der Waals surface area contributed by atoms with E-state index in [1.165, 1.54) is 25.5 Å². The number of piperidine rings is 1. The van der Waals surface area contributed by atoms with Crippen molar-refractivity contribution in [3.05, 3.63) is 48.0 Å². The summed E-state index contributed by atoms with van der Waals surface area (Å²) in [6, 6.07) is 5.70. The summed E-state index contributed by atoms with van der Waals surface area (Å²) in [6.07, 6.45) is 8.88. The van der Waals surface area contributed by atoms with Crippen molar-refractivity contribution < 1.29 is 4.79 Å². The fourth-order valence-electron chi connectivity index (χ4n) is 3.10. The van der Waals surface area contributed by atoms with E-state index in [1.54, 1.807) is 10.7 Å². The molecule has 25 heavy (non-hydrogen) atoms. The molecular weight excluding hydrogens is 316 g/mol. The average molecular weight is 336 g/mol. The molecule has 0 unspecified atom stereocenters. The fourth-order valence-corrected chi connectivity index (χ4v) is 3.10. The van der Waals surface area contributed by atoms with Crippen molar-refractivity contribution in [1.29, 1.82) is 0 Å². The van der Waals surface area contributed by atoms with Gasteiger partial charge in [0, 0.05) is 25.0 Å². The van der Waals surface area contributed by atoms with Crippen LogP contribution in [0.5, 0.6) is 0 Å². The van der Waals surface area contributed by atoms with Gasteiger partial charge < -0.3 is 10.2 Å². The summed E-state index contributed by atoms with van der Waals surface area (Å²) >= 11 is 0. The predicted octanol–water partition coefficient (Wildman–Crippen LogP) is 2.68. The molecule has 7 nitrogen and oxygen atoms in total. The maximum atomic E-state index is 12.5. The van der Waals surface area contributed by atoms with E-state index in [4.69, 9.17) is 0 Å². The maximum Gasteiger partial charge on any atom is 0.262 e. The lowest BCUT2D eigenvalue weighted by atomic mass is 10.1. The van der Waals surface area contributed by atoms with Gasteiger partial charge in [0.1, 0.15) is 11.4 Å². The topological polar surface area (TPSA) is 75.4 Å². The summed E-state index contributed by atoms with van der Waals surface area (Å²) in [4.78, 5) is 23.6. The zero-order valence-corrected chi connectivity index (χ0v) is 14.1. The van der Waals surface area contributed by atoms with Gasteiger partial charge in [-0.05, 0) is 44.4 Å². The fraction of sp³-hybridized carbons (Fsp3) is 0.333. The molecule has 0 bridgehead atoms. The van der Waals surface area contributed by atoms with Crippen molar-refractivity contribution >= 4 is 23.1 Å². The maximum absolute atomic E-state index is 12.5. The van der Waals surface area contributed by atoms with Gasteiger partial charge in [-0.2, -0.15) is 5.10 Å². The van der Waals surface area contributed by atoms with E-state index in [9.17, 15) is 4.79 Å². The molecule has 0 aromatic carbocycles. The van der Waals surface area contributed by atoms with Crippen LogP contribution in [-0.2, 0) is 0 Å². The number of nitrogens with one attached hydrogen (secondary N) is 1. The van der Waals surface area contributed by atoms with Gasteiger partial charge in [-0.25, -0.2) is 14.5 Å². The van der Waals surface area contributed by atoms with Crippen LogP contribution < -0.4 is 10.2 Å². The Kier molecular flexibility index (Phi) is 4.05. The minimum absolute atomic E-state index is 0.258. The number of aryl methyl sites for hydroxylation is 1. The van der Waals surface area contributed by atoms with E-state index < -0.39 is 0 Å². The molecule has 1 saturated heterocycles. The summed E-state index contributed by atoms with van der Waals surface area (Å²) in [5, 5.41) is 6.99. The second-order valence-electron chi connectivity index (χ2n) is 6.30. The van der Waals surface area contributed by atoms with Crippen molar-refractivity contribution in [2.75, 3.05) is 23.3 Å². The Morgan fingerprint density at radius 2 is 1.96 bits per heavy atom. The Hall–Kier alpha value is -2.96. The Balaban J connectivity index is 1.51. The number of anilines is 2. The lowest BCUT2D eigenvalue weighted by molar-refractivity contribution is 0.102. The van der Waals surface area contributed by atoms with Crippen LogP contribution in [0.3, 0.4) is 0 Å². The Bertz CT molecular complexity index is 896. The number of aromatic nitrogens is 4. The highest BCUT2D eigenvalue weighted by molar-refractivity contribution is 6.07. The zero-order chi connectivity index (χ0) is 17.2. The minimum Gasteiger partial charge on any atom is -0.370 e. The third-order valence-corrected chi connectivity index (χ3v) is 4.46. The van der Waals surface area contributed by atoms with E-state index in [2.05, 4.69) is 25.3 Å². The first-order chi connectivity index (χ1) is 12.2. The lowest BCUT2D eigenvalue weighted by Crippen LogP contribution is -2.29. The number of pyridine rings is 1. The third kappa shape index (κ3) is 3.17. The molecule has 1 aliphatic heterocycles. The SMILES string of the molecule is Cc1ccn2ncc(C(=O)Nc3ccc(N4CCCCC4)cn3)c2n1. The number of hydrogen-bond acceptors (Lipinski definition) is 5. The molecular formula is C18H20N6O. The number of rotatable bonds is 3. The van der Waals surface area contributed by atoms with Crippen LogP contribution in [0.1, 0.15) is 35.3 Å². The van der Waals surface area contributed by atoms with Crippen LogP contribution in [0.2, 0.25) is 0 Å². The van der Waals surface area contributed by atoms with Gasteiger partial charge in [0.2, 0.25) is 0 Å². The third-order valence-electron chi connectivity index (χ3n) is 4.46. The van der Waals surface area contributed by atoms with Gasteiger partial charge in [0.05, 0.1) is 18.1 Å². The number of hydrogen-bond donors (Lipinski definition) is 1. The number of amides is 1. The van der Waals surface area contributed by atoms with E-state index in [-0.39, 0.29) is 5.91 Å². The lowest BCUT2D eigenvalue weighted by Gasteiger charge is -2.28. The average Bonchev–Trinajstić information content (AvgIpc) is 3.06. The number of carbonyl (C=O) groups excluding carboxylic acids is 1. The number of fused-ring (bicyclic) bond motifs is 1. The quantitative estimate of drug-likeness (QED) is 0.796. The Labute approximate surface area is 145 Å². The normalized spacial score (nSPS) is 14.7. The van der Waals surface area contributed by atoms with Crippen LogP contribution in [0.4, 0.5) is 11.5 Å². The zero-order valence-electron chi connectivity index (χ0n) is 14.1. The number of nitrogens with zero attached hydrogens (tertiary/aromatic N) is 5. The van der Waals surface area contributed by atoms with E-state index in [0.717, 1.165) is 24.5 Å². The van der Waals surface area contributed by atoms with Crippen molar-refractivity contribution in [2.45, 2.75) is 26.2 Å². The summed E-state index contributed by atoms with van der Waals surface area (Å²) in [5.41, 5.74) is 2.92. The molecule has 3 aromatic heterocycles. The Morgan fingerprint density at radius 3 is 2.72 bits per heavy atom. The van der Waals surface area contributed by atoms with Crippen LogP contribution >= 0.6 is 0 Å². The molecule has 1 aliphatic rings.